The Kier molecular flexibility index (Phi) is 16.2. The van der Waals surface area contributed by atoms with Crippen LogP contribution in [0.1, 0.15) is 92.6 Å². The number of rotatable bonds is 17. The van der Waals surface area contributed by atoms with Gasteiger partial charge in [-0.15, -0.1) is 0 Å². The van der Waals surface area contributed by atoms with Gasteiger partial charge in [-0.25, -0.2) is 27.9 Å². The number of amides is 3. The lowest BCUT2D eigenvalue weighted by molar-refractivity contribution is -0.122. The standard InChI is InChI=1S/C54H72F3N15O2/c1-58-54(74)70-23-16-47-46(35-70)53(71-20-8-10-38-28-44(39-32-62-65(2)33-39)45(52(56)57)30-48(38)71)64-72(47)42-14-21-67(22-15-42)36-51(73)59-17-5-3-4-6-18-66-24-26-68(27-25-66)50-31-49(60-37-61-50)63-41-12-9-19-69(34-41)43-13-7-11-40(55)29-43/h7,11,13,28-33,37,41-42,52H,3-6,8-10,12,14-27,34-36H2,1-2H3,(H,58,74)(H,59,73)(H,60,61,63)/t41-/m1/s1. The van der Waals surface area contributed by atoms with E-state index in [0.717, 1.165) is 169 Å². The highest BCUT2D eigenvalue weighted by Gasteiger charge is 2.35. The lowest BCUT2D eigenvalue weighted by Gasteiger charge is -2.36. The molecule has 1 atom stereocenters. The number of carbonyl (C=O) groups is 2. The van der Waals surface area contributed by atoms with Crippen molar-refractivity contribution in [3.63, 3.8) is 0 Å². The number of benzene rings is 2. The maximum absolute atomic E-state index is 14.8. The van der Waals surface area contributed by atoms with Crippen molar-refractivity contribution in [3.05, 3.63) is 89.4 Å². The second kappa shape index (κ2) is 23.4. The Morgan fingerprint density at radius 3 is 2.47 bits per heavy atom. The maximum atomic E-state index is 14.8. The molecular formula is C54H72F3N15O2. The van der Waals surface area contributed by atoms with Crippen LogP contribution in [0.4, 0.5) is 46.8 Å². The number of piperazine rings is 1. The summed E-state index contributed by atoms with van der Waals surface area (Å²) in [6.45, 7) is 10.7. The normalized spacial score (nSPS) is 18.9. The molecule has 74 heavy (non-hydrogen) atoms. The van der Waals surface area contributed by atoms with Crippen molar-refractivity contribution in [3.8, 4) is 11.1 Å². The van der Waals surface area contributed by atoms with Crippen molar-refractivity contribution in [2.24, 2.45) is 7.05 Å². The van der Waals surface area contributed by atoms with Crippen molar-refractivity contribution >= 4 is 40.8 Å². The first-order chi connectivity index (χ1) is 36.1. The second-order valence-electron chi connectivity index (χ2n) is 20.7. The van der Waals surface area contributed by atoms with E-state index in [2.05, 4.69) is 66.3 Å². The number of anilines is 5. The van der Waals surface area contributed by atoms with Gasteiger partial charge in [-0.05, 0) is 99.4 Å². The molecule has 0 aliphatic carbocycles. The number of nitrogens with zero attached hydrogens (tertiary/aromatic N) is 12. The Morgan fingerprint density at radius 2 is 1.69 bits per heavy atom. The molecule has 5 aliphatic heterocycles. The molecule has 0 bridgehead atoms. The third kappa shape index (κ3) is 11.9. The number of nitrogens with one attached hydrogen (secondary N) is 3. The molecule has 0 radical (unpaired) electrons. The number of likely N-dealkylation sites (tertiary alicyclic amines) is 1. The summed E-state index contributed by atoms with van der Waals surface area (Å²) in [5.41, 5.74) is 5.85. The van der Waals surface area contributed by atoms with Crippen molar-refractivity contribution in [1.82, 2.24) is 54.9 Å². The average Bonchev–Trinajstić information content (AvgIpc) is 4.03. The smallest absolute Gasteiger partial charge is 0.317 e. The summed E-state index contributed by atoms with van der Waals surface area (Å²) in [5, 5.41) is 19.1. The van der Waals surface area contributed by atoms with Crippen LogP contribution in [0.25, 0.3) is 11.1 Å². The van der Waals surface area contributed by atoms with E-state index in [1.54, 1.807) is 60.6 Å². The fraction of sp³-hybridized carbons (Fsp3) is 0.556. The summed E-state index contributed by atoms with van der Waals surface area (Å²) in [4.78, 5) is 48.4. The topological polar surface area (TPSA) is 151 Å². The Bertz CT molecular complexity index is 2720. The van der Waals surface area contributed by atoms with Crippen molar-refractivity contribution in [2.75, 3.05) is 112 Å². The van der Waals surface area contributed by atoms with Gasteiger partial charge in [-0.1, -0.05) is 18.9 Å². The Hall–Kier alpha value is -6.41. The zero-order valence-electron chi connectivity index (χ0n) is 43.0. The van der Waals surface area contributed by atoms with Gasteiger partial charge in [-0.3, -0.25) is 24.0 Å². The molecule has 3 amide bonds. The number of halogens is 3. The number of aromatic nitrogens is 6. The predicted molar refractivity (Wildman–Crippen MR) is 282 cm³/mol. The predicted octanol–water partition coefficient (Wildman–Crippen LogP) is 7.15. The number of urea groups is 1. The van der Waals surface area contributed by atoms with Gasteiger partial charge in [0.25, 0.3) is 6.43 Å². The fourth-order valence-corrected chi connectivity index (χ4v) is 11.8. The largest absolute Gasteiger partial charge is 0.369 e. The van der Waals surface area contributed by atoms with Crippen LogP contribution in [-0.2, 0) is 31.2 Å². The molecule has 5 aromatic rings. The zero-order valence-corrected chi connectivity index (χ0v) is 43.0. The number of aryl methyl sites for hydroxylation is 2. The first-order valence-electron chi connectivity index (χ1n) is 26.9. The number of unbranched alkanes of at least 4 members (excludes halogenated alkanes) is 3. The first kappa shape index (κ1) is 51.1. The van der Waals surface area contributed by atoms with Gasteiger partial charge in [-0.2, -0.15) is 10.2 Å². The Morgan fingerprint density at radius 1 is 0.851 bits per heavy atom. The van der Waals surface area contributed by atoms with Gasteiger partial charge < -0.3 is 35.6 Å². The number of hydrogen-bond donors (Lipinski definition) is 3. The summed E-state index contributed by atoms with van der Waals surface area (Å²) in [5.74, 6) is 2.35. The first-order valence-corrected chi connectivity index (χ1v) is 26.9. The molecule has 0 saturated carbocycles. The molecule has 8 heterocycles. The van der Waals surface area contributed by atoms with E-state index >= 15 is 0 Å². The highest BCUT2D eigenvalue weighted by atomic mass is 19.3. The zero-order chi connectivity index (χ0) is 51.1. The lowest BCUT2D eigenvalue weighted by Crippen LogP contribution is -2.47. The van der Waals surface area contributed by atoms with E-state index < -0.39 is 6.43 Å². The lowest BCUT2D eigenvalue weighted by atomic mass is 9.92. The van der Waals surface area contributed by atoms with E-state index in [1.807, 2.05) is 12.1 Å². The number of hydrogen-bond acceptors (Lipinski definition) is 12. The van der Waals surface area contributed by atoms with E-state index in [4.69, 9.17) is 5.10 Å². The van der Waals surface area contributed by atoms with Crippen LogP contribution in [-0.4, -0.2) is 154 Å². The van der Waals surface area contributed by atoms with E-state index in [9.17, 15) is 22.8 Å². The number of carbonyl (C=O) groups excluding carboxylic acids is 2. The van der Waals surface area contributed by atoms with Crippen molar-refractivity contribution < 1.29 is 22.8 Å². The van der Waals surface area contributed by atoms with E-state index in [1.165, 1.54) is 6.07 Å². The molecule has 396 valence electrons. The number of fused-ring (bicyclic) bond motifs is 2. The molecule has 2 aromatic carbocycles. The number of alkyl halides is 2. The molecule has 3 N–H and O–H groups in total. The maximum Gasteiger partial charge on any atom is 0.317 e. The van der Waals surface area contributed by atoms with Crippen LogP contribution in [0.3, 0.4) is 0 Å². The second-order valence-corrected chi connectivity index (χ2v) is 20.7. The summed E-state index contributed by atoms with van der Waals surface area (Å²) in [6, 6.07) is 12.6. The van der Waals surface area contributed by atoms with Crippen LogP contribution in [0, 0.1) is 5.82 Å². The van der Waals surface area contributed by atoms with Gasteiger partial charge in [0.2, 0.25) is 5.91 Å². The Balaban J connectivity index is 0.651. The minimum absolute atomic E-state index is 0.0320. The number of piperidine rings is 2. The fourth-order valence-electron chi connectivity index (χ4n) is 11.8. The van der Waals surface area contributed by atoms with Gasteiger partial charge in [0.1, 0.15) is 23.8 Å². The van der Waals surface area contributed by atoms with E-state index in [-0.39, 0.29) is 35.4 Å². The summed E-state index contributed by atoms with van der Waals surface area (Å²) >= 11 is 0. The minimum Gasteiger partial charge on any atom is -0.369 e. The third-order valence-electron chi connectivity index (χ3n) is 15.7. The molecule has 3 aromatic heterocycles. The van der Waals surface area contributed by atoms with E-state index in [0.29, 0.717) is 50.3 Å². The molecule has 3 fully saturated rings. The molecular weight excluding hydrogens is 948 g/mol. The van der Waals surface area contributed by atoms with Gasteiger partial charge in [0, 0.05) is 145 Å². The third-order valence-corrected chi connectivity index (χ3v) is 15.7. The van der Waals surface area contributed by atoms with Crippen molar-refractivity contribution in [1.29, 1.82) is 0 Å². The quantitative estimate of drug-likeness (QED) is 0.0813. The summed E-state index contributed by atoms with van der Waals surface area (Å²) < 4.78 is 47.2. The SMILES string of the molecule is CNC(=O)N1CCc2c(c(N3CCCc4cc(-c5cnn(C)c5)c(C(F)F)cc43)nn2C2CCN(CC(=O)NCCCCCCN3CCN(c4cc(N[C@@H]5CCCN(c6cccc(F)c6)C5)ncn4)CC3)CC2)C1. The van der Waals surface area contributed by atoms with Crippen molar-refractivity contribution in [2.45, 2.75) is 95.7 Å². The molecule has 0 spiro atoms. The van der Waals surface area contributed by atoms with Gasteiger partial charge in [0.05, 0.1) is 25.3 Å². The molecule has 3 saturated heterocycles. The highest BCUT2D eigenvalue weighted by Crippen LogP contribution is 2.44. The van der Waals surface area contributed by atoms with Crippen LogP contribution in [0.5, 0.6) is 0 Å². The highest BCUT2D eigenvalue weighted by molar-refractivity contribution is 5.79. The molecule has 0 unspecified atom stereocenters. The Labute approximate surface area is 432 Å². The molecule has 20 heteroatoms. The minimum atomic E-state index is -2.67. The summed E-state index contributed by atoms with van der Waals surface area (Å²) in [7, 11) is 3.42. The average molecular weight is 1020 g/mol. The van der Waals surface area contributed by atoms with Gasteiger partial charge >= 0.3 is 6.03 Å². The molecule has 10 rings (SSSR count). The monoisotopic (exact) mass is 1020 g/mol. The van der Waals surface area contributed by atoms with Crippen LogP contribution in [0.2, 0.25) is 0 Å². The van der Waals surface area contributed by atoms with Crippen LogP contribution >= 0.6 is 0 Å². The molecule has 17 nitrogen and oxygen atoms in total. The van der Waals surface area contributed by atoms with Crippen LogP contribution in [0.15, 0.2) is 61.2 Å². The summed E-state index contributed by atoms with van der Waals surface area (Å²) in [6.07, 6.45) is 12.6. The van der Waals surface area contributed by atoms with Crippen LogP contribution < -0.4 is 30.7 Å². The molecule has 5 aliphatic rings. The van der Waals surface area contributed by atoms with Gasteiger partial charge in [0.15, 0.2) is 5.82 Å².